The van der Waals surface area contributed by atoms with Crippen molar-refractivity contribution in [3.05, 3.63) is 53.3 Å². The van der Waals surface area contributed by atoms with Crippen LogP contribution in [0.2, 0.25) is 0 Å². The van der Waals surface area contributed by atoms with Crippen LogP contribution < -0.4 is 5.32 Å². The normalized spacial score (nSPS) is 11.6. The van der Waals surface area contributed by atoms with Crippen LogP contribution >= 0.6 is 0 Å². The van der Waals surface area contributed by atoms with E-state index in [0.29, 0.717) is 17.5 Å². The molecule has 1 N–H and O–H groups in total. The largest absolute Gasteiger partial charge is 0.435 e. The van der Waals surface area contributed by atoms with Gasteiger partial charge in [-0.1, -0.05) is 12.1 Å². The van der Waals surface area contributed by atoms with E-state index in [2.05, 4.69) is 20.6 Å². The number of aryl methyl sites for hydroxylation is 2. The van der Waals surface area contributed by atoms with Crippen LogP contribution in [0.4, 0.5) is 13.2 Å². The van der Waals surface area contributed by atoms with Gasteiger partial charge >= 0.3 is 6.18 Å². The third-order valence-corrected chi connectivity index (χ3v) is 3.86. The molecule has 0 atom stereocenters. The number of aromatic nitrogens is 4. The standard InChI is InChI=1S/C17H16F3N5O2/c1-3-11-6-10(4-5-21-11)13-7-12(27-24-13)9-22-16(26)14-8-15(17(18,19)20)23-25(14)2/h4-8H,3,9H2,1-2H3,(H,22,26). The highest BCUT2D eigenvalue weighted by atomic mass is 19.4. The molecule has 3 aromatic rings. The van der Waals surface area contributed by atoms with E-state index in [9.17, 15) is 18.0 Å². The smallest absolute Gasteiger partial charge is 0.359 e. The summed E-state index contributed by atoms with van der Waals surface area (Å²) in [6, 6.07) is 6.02. The quantitative estimate of drug-likeness (QED) is 0.737. The number of alkyl halides is 3. The van der Waals surface area contributed by atoms with Crippen molar-refractivity contribution in [1.82, 2.24) is 25.2 Å². The van der Waals surface area contributed by atoms with Crippen LogP contribution in [-0.2, 0) is 26.2 Å². The number of rotatable bonds is 5. The van der Waals surface area contributed by atoms with Crippen molar-refractivity contribution in [2.45, 2.75) is 26.1 Å². The second kappa shape index (κ2) is 7.22. The molecule has 0 aliphatic heterocycles. The van der Waals surface area contributed by atoms with Crippen molar-refractivity contribution in [3.63, 3.8) is 0 Å². The molecule has 7 nitrogen and oxygen atoms in total. The maximum absolute atomic E-state index is 12.7. The summed E-state index contributed by atoms with van der Waals surface area (Å²) < 4.78 is 44.1. The average Bonchev–Trinajstić information content (AvgIpc) is 3.26. The molecule has 3 aromatic heterocycles. The van der Waals surface area contributed by atoms with Crippen LogP contribution in [0.5, 0.6) is 0 Å². The topological polar surface area (TPSA) is 85.8 Å². The lowest BCUT2D eigenvalue weighted by Gasteiger charge is -2.02. The molecule has 0 aromatic carbocycles. The third-order valence-electron chi connectivity index (χ3n) is 3.86. The van der Waals surface area contributed by atoms with Gasteiger partial charge in [0.15, 0.2) is 11.5 Å². The lowest BCUT2D eigenvalue weighted by atomic mass is 10.1. The summed E-state index contributed by atoms with van der Waals surface area (Å²) in [4.78, 5) is 16.3. The van der Waals surface area contributed by atoms with Crippen molar-refractivity contribution in [3.8, 4) is 11.3 Å². The number of hydrogen-bond acceptors (Lipinski definition) is 5. The molecule has 3 heterocycles. The number of nitrogens with one attached hydrogen (secondary N) is 1. The summed E-state index contributed by atoms with van der Waals surface area (Å²) >= 11 is 0. The van der Waals surface area contributed by atoms with Crippen LogP contribution in [0.1, 0.15) is 34.6 Å². The molecule has 0 aliphatic rings. The number of carbonyl (C=O) groups is 1. The van der Waals surface area contributed by atoms with Gasteiger partial charge in [-0.25, -0.2) is 0 Å². The molecule has 0 spiro atoms. The summed E-state index contributed by atoms with van der Waals surface area (Å²) in [6.07, 6.45) is -2.16. The Kier molecular flexibility index (Phi) is 4.98. The van der Waals surface area contributed by atoms with Crippen molar-refractivity contribution in [2.75, 3.05) is 0 Å². The van der Waals surface area contributed by atoms with E-state index in [1.807, 2.05) is 13.0 Å². The van der Waals surface area contributed by atoms with E-state index in [4.69, 9.17) is 4.52 Å². The SMILES string of the molecule is CCc1cc(-c2cc(CNC(=O)c3cc(C(F)(F)F)nn3C)on2)ccn1. The average molecular weight is 379 g/mol. The minimum atomic E-state index is -4.61. The Morgan fingerprint density at radius 2 is 2.07 bits per heavy atom. The molecule has 1 amide bonds. The van der Waals surface area contributed by atoms with E-state index in [0.717, 1.165) is 22.4 Å². The number of carbonyl (C=O) groups excluding carboxylic acids is 1. The lowest BCUT2D eigenvalue weighted by Crippen LogP contribution is -2.24. The maximum Gasteiger partial charge on any atom is 0.435 e. The molecule has 0 radical (unpaired) electrons. The van der Waals surface area contributed by atoms with Crippen molar-refractivity contribution in [1.29, 1.82) is 0 Å². The van der Waals surface area contributed by atoms with Gasteiger partial charge in [0.2, 0.25) is 0 Å². The maximum atomic E-state index is 12.7. The fourth-order valence-electron chi connectivity index (χ4n) is 2.44. The molecule has 27 heavy (non-hydrogen) atoms. The molecule has 142 valence electrons. The van der Waals surface area contributed by atoms with Gasteiger partial charge in [-0.2, -0.15) is 18.3 Å². The Morgan fingerprint density at radius 1 is 1.30 bits per heavy atom. The number of amides is 1. The Labute approximate surface area is 152 Å². The van der Waals surface area contributed by atoms with Crippen molar-refractivity contribution < 1.29 is 22.5 Å². The summed E-state index contributed by atoms with van der Waals surface area (Å²) in [5.74, 6) is -0.331. The van der Waals surface area contributed by atoms with Gasteiger partial charge in [-0.15, -0.1) is 0 Å². The Balaban J connectivity index is 1.68. The van der Waals surface area contributed by atoms with E-state index >= 15 is 0 Å². The third kappa shape index (κ3) is 4.15. The van der Waals surface area contributed by atoms with Crippen LogP contribution in [0, 0.1) is 0 Å². The highest BCUT2D eigenvalue weighted by Gasteiger charge is 2.35. The molecule has 0 fully saturated rings. The van der Waals surface area contributed by atoms with Crippen LogP contribution in [0.3, 0.4) is 0 Å². The molecular weight excluding hydrogens is 363 g/mol. The second-order valence-electron chi connectivity index (χ2n) is 5.79. The molecule has 10 heteroatoms. The first-order valence-electron chi connectivity index (χ1n) is 8.08. The zero-order valence-electron chi connectivity index (χ0n) is 14.5. The van der Waals surface area contributed by atoms with Gasteiger partial charge in [0, 0.05) is 36.6 Å². The monoisotopic (exact) mass is 379 g/mol. The fourth-order valence-corrected chi connectivity index (χ4v) is 2.44. The highest BCUT2D eigenvalue weighted by Crippen LogP contribution is 2.28. The van der Waals surface area contributed by atoms with Gasteiger partial charge in [0.25, 0.3) is 5.91 Å². The van der Waals surface area contributed by atoms with Gasteiger partial charge < -0.3 is 9.84 Å². The second-order valence-corrected chi connectivity index (χ2v) is 5.79. The van der Waals surface area contributed by atoms with Crippen LogP contribution in [0.15, 0.2) is 35.0 Å². The van der Waals surface area contributed by atoms with Crippen LogP contribution in [0.25, 0.3) is 11.3 Å². The number of nitrogens with zero attached hydrogens (tertiary/aromatic N) is 4. The molecule has 0 saturated carbocycles. The van der Waals surface area contributed by atoms with Gasteiger partial charge in [-0.05, 0) is 18.6 Å². The van der Waals surface area contributed by atoms with Gasteiger partial charge in [0.1, 0.15) is 11.4 Å². The van der Waals surface area contributed by atoms with E-state index in [1.54, 1.807) is 18.3 Å². The first-order chi connectivity index (χ1) is 12.8. The zero-order chi connectivity index (χ0) is 19.6. The summed E-state index contributed by atoms with van der Waals surface area (Å²) in [6.45, 7) is 1.96. The molecule has 0 bridgehead atoms. The fraction of sp³-hybridized carbons (Fsp3) is 0.294. The number of hydrogen-bond donors (Lipinski definition) is 1. The van der Waals surface area contributed by atoms with Crippen LogP contribution in [-0.4, -0.2) is 25.8 Å². The molecular formula is C17H16F3N5O2. The number of halogens is 3. The van der Waals surface area contributed by atoms with E-state index in [1.165, 1.54) is 7.05 Å². The number of pyridine rings is 1. The Morgan fingerprint density at radius 3 is 2.74 bits per heavy atom. The molecule has 3 rings (SSSR count). The van der Waals surface area contributed by atoms with Crippen molar-refractivity contribution >= 4 is 5.91 Å². The molecule has 0 saturated heterocycles. The van der Waals surface area contributed by atoms with Crippen molar-refractivity contribution in [2.24, 2.45) is 7.05 Å². The van der Waals surface area contributed by atoms with E-state index in [-0.39, 0.29) is 12.2 Å². The Hall–Kier alpha value is -3.17. The molecule has 0 unspecified atom stereocenters. The predicted molar refractivity (Wildman–Crippen MR) is 88.5 cm³/mol. The first kappa shape index (κ1) is 18.6. The minimum absolute atomic E-state index is 0.0237. The zero-order valence-corrected chi connectivity index (χ0v) is 14.5. The Bertz CT molecular complexity index is 962. The lowest BCUT2D eigenvalue weighted by molar-refractivity contribution is -0.141. The predicted octanol–water partition coefficient (Wildman–Crippen LogP) is 2.98. The minimum Gasteiger partial charge on any atom is -0.359 e. The van der Waals surface area contributed by atoms with Gasteiger partial charge in [0.05, 0.1) is 6.54 Å². The van der Waals surface area contributed by atoms with Gasteiger partial charge in [-0.3, -0.25) is 14.5 Å². The summed E-state index contributed by atoms with van der Waals surface area (Å²) in [5.41, 5.74) is 0.980. The first-order valence-corrected chi connectivity index (χ1v) is 8.08. The highest BCUT2D eigenvalue weighted by molar-refractivity contribution is 5.92. The summed E-state index contributed by atoms with van der Waals surface area (Å²) in [7, 11) is 1.27. The van der Waals surface area contributed by atoms with E-state index < -0.39 is 17.8 Å². The summed E-state index contributed by atoms with van der Waals surface area (Å²) in [5, 5.41) is 9.75. The molecule has 0 aliphatic carbocycles.